The summed E-state index contributed by atoms with van der Waals surface area (Å²) in [6.07, 6.45) is 2.97. The number of carbonyl (C=O) groups is 1. The molecule has 2 aromatic carbocycles. The molecule has 0 radical (unpaired) electrons. The van der Waals surface area contributed by atoms with Crippen molar-refractivity contribution in [3.05, 3.63) is 94.8 Å². The number of hydrogen-bond donors (Lipinski definition) is 1. The molecule has 0 saturated carbocycles. The Kier molecular flexibility index (Phi) is 6.87. The van der Waals surface area contributed by atoms with Crippen LogP contribution in [-0.2, 0) is 21.4 Å². The van der Waals surface area contributed by atoms with Crippen LogP contribution >= 0.6 is 0 Å². The topological polar surface area (TPSA) is 79.6 Å². The van der Waals surface area contributed by atoms with E-state index in [0.29, 0.717) is 11.4 Å². The van der Waals surface area contributed by atoms with Gasteiger partial charge >= 0.3 is 0 Å². The molecule has 1 N–H and O–H groups in total. The van der Waals surface area contributed by atoms with Crippen LogP contribution in [0.1, 0.15) is 22.5 Å². The maximum Gasteiger partial charge on any atom is 0.239 e. The minimum Gasteiger partial charge on any atom is -0.468 e. The summed E-state index contributed by atoms with van der Waals surface area (Å²) in [5.74, 6) is 0.0243. The van der Waals surface area contributed by atoms with Crippen LogP contribution in [0.5, 0.6) is 0 Å². The molecule has 0 aliphatic heterocycles. The minimum atomic E-state index is -3.87. The van der Waals surface area contributed by atoms with E-state index in [1.165, 1.54) is 12.3 Å². The predicted molar refractivity (Wildman–Crippen MR) is 118 cm³/mol. The molecule has 6 nitrogen and oxygen atoms in total. The fraction of sp³-hybridized carbons (Fsp3) is 0.174. The van der Waals surface area contributed by atoms with Crippen LogP contribution in [0.15, 0.2) is 76.8 Å². The largest absolute Gasteiger partial charge is 0.468 e. The molecule has 3 rings (SSSR count). The van der Waals surface area contributed by atoms with Gasteiger partial charge in [0, 0.05) is 11.1 Å². The second-order valence-corrected chi connectivity index (χ2v) is 8.79. The van der Waals surface area contributed by atoms with Crippen molar-refractivity contribution in [2.45, 2.75) is 20.4 Å². The Morgan fingerprint density at radius 3 is 2.50 bits per heavy atom. The number of furan rings is 1. The lowest BCUT2D eigenvalue weighted by atomic mass is 10.1. The summed E-state index contributed by atoms with van der Waals surface area (Å²) in [7, 11) is -3.87. The van der Waals surface area contributed by atoms with Gasteiger partial charge in [0.25, 0.3) is 0 Å². The molecule has 0 saturated heterocycles. The molecule has 0 atom stereocenters. The van der Waals surface area contributed by atoms with Crippen molar-refractivity contribution in [3.63, 3.8) is 0 Å². The van der Waals surface area contributed by atoms with Gasteiger partial charge in [-0.1, -0.05) is 48.0 Å². The number of nitrogens with one attached hydrogen (secondary N) is 1. The Bertz CT molecular complexity index is 1120. The maximum absolute atomic E-state index is 12.9. The molecule has 1 heterocycles. The Morgan fingerprint density at radius 2 is 1.83 bits per heavy atom. The van der Waals surface area contributed by atoms with Crippen LogP contribution < -0.4 is 5.32 Å². The van der Waals surface area contributed by atoms with Crippen LogP contribution in [0.25, 0.3) is 6.08 Å². The number of aryl methyl sites for hydroxylation is 2. The number of sulfonamides is 1. The summed E-state index contributed by atoms with van der Waals surface area (Å²) >= 11 is 0. The van der Waals surface area contributed by atoms with Gasteiger partial charge in [0.1, 0.15) is 5.76 Å². The lowest BCUT2D eigenvalue weighted by molar-refractivity contribution is -0.116. The summed E-state index contributed by atoms with van der Waals surface area (Å²) in [5, 5.41) is 3.90. The van der Waals surface area contributed by atoms with Crippen LogP contribution in [0.3, 0.4) is 0 Å². The molecular formula is C23H24N2O4S. The van der Waals surface area contributed by atoms with Crippen molar-refractivity contribution in [2.75, 3.05) is 11.9 Å². The first kappa shape index (κ1) is 21.5. The van der Waals surface area contributed by atoms with E-state index in [9.17, 15) is 13.2 Å². The number of rotatable bonds is 8. The first-order valence-electron chi connectivity index (χ1n) is 9.46. The van der Waals surface area contributed by atoms with Gasteiger partial charge in [-0.2, -0.15) is 4.31 Å². The monoisotopic (exact) mass is 424 g/mol. The highest BCUT2D eigenvalue weighted by Crippen LogP contribution is 2.17. The molecule has 0 fully saturated rings. The average Bonchev–Trinajstić information content (AvgIpc) is 3.22. The van der Waals surface area contributed by atoms with E-state index in [2.05, 4.69) is 5.32 Å². The summed E-state index contributed by atoms with van der Waals surface area (Å²) < 4.78 is 32.3. The van der Waals surface area contributed by atoms with Crippen molar-refractivity contribution in [1.82, 2.24) is 4.31 Å². The molecule has 0 spiro atoms. The summed E-state index contributed by atoms with van der Waals surface area (Å²) in [6.45, 7) is 3.47. The highest BCUT2D eigenvalue weighted by molar-refractivity contribution is 7.92. The zero-order valence-electron chi connectivity index (χ0n) is 16.9. The SMILES string of the molecule is Cc1ccc(NC(=O)CN(Cc2ccco2)S(=O)(=O)/C=C/c2ccccc2)c(C)c1. The second-order valence-electron chi connectivity index (χ2n) is 6.97. The van der Waals surface area contributed by atoms with Gasteiger partial charge in [0.2, 0.25) is 15.9 Å². The average molecular weight is 425 g/mol. The fourth-order valence-corrected chi connectivity index (χ4v) is 4.04. The first-order valence-corrected chi connectivity index (χ1v) is 11.0. The van der Waals surface area contributed by atoms with Gasteiger partial charge in [-0.05, 0) is 49.2 Å². The Labute approximate surface area is 176 Å². The number of nitrogens with zero attached hydrogens (tertiary/aromatic N) is 1. The highest BCUT2D eigenvalue weighted by Gasteiger charge is 2.24. The third-order valence-electron chi connectivity index (χ3n) is 4.48. The van der Waals surface area contributed by atoms with Crippen molar-refractivity contribution in [1.29, 1.82) is 0 Å². The van der Waals surface area contributed by atoms with Gasteiger partial charge in [-0.15, -0.1) is 0 Å². The van der Waals surface area contributed by atoms with Crippen molar-refractivity contribution >= 4 is 27.7 Å². The van der Waals surface area contributed by atoms with Crippen LogP contribution in [0.2, 0.25) is 0 Å². The molecule has 1 aromatic heterocycles. The zero-order valence-corrected chi connectivity index (χ0v) is 17.7. The lowest BCUT2D eigenvalue weighted by Crippen LogP contribution is -2.36. The molecule has 30 heavy (non-hydrogen) atoms. The quantitative estimate of drug-likeness (QED) is 0.583. The van der Waals surface area contributed by atoms with Crippen molar-refractivity contribution < 1.29 is 17.6 Å². The first-order chi connectivity index (χ1) is 14.3. The van der Waals surface area contributed by atoms with Gasteiger partial charge in [0.15, 0.2) is 0 Å². The molecular weight excluding hydrogens is 400 g/mol. The Morgan fingerprint density at radius 1 is 1.07 bits per heavy atom. The van der Waals surface area contributed by atoms with Crippen LogP contribution in [0.4, 0.5) is 5.69 Å². The van der Waals surface area contributed by atoms with E-state index in [1.807, 2.05) is 50.2 Å². The smallest absolute Gasteiger partial charge is 0.239 e. The minimum absolute atomic E-state index is 0.0469. The normalized spacial score (nSPS) is 11.8. The number of hydrogen-bond acceptors (Lipinski definition) is 4. The fourth-order valence-electron chi connectivity index (χ4n) is 2.93. The lowest BCUT2D eigenvalue weighted by Gasteiger charge is -2.19. The van der Waals surface area contributed by atoms with E-state index in [-0.39, 0.29) is 13.1 Å². The van der Waals surface area contributed by atoms with Gasteiger partial charge in [-0.3, -0.25) is 4.79 Å². The van der Waals surface area contributed by atoms with E-state index in [1.54, 1.807) is 24.3 Å². The predicted octanol–water partition coefficient (Wildman–Crippen LogP) is 4.34. The van der Waals surface area contributed by atoms with Gasteiger partial charge in [0.05, 0.1) is 19.4 Å². The van der Waals surface area contributed by atoms with Crippen LogP contribution in [0, 0.1) is 13.8 Å². The third-order valence-corrected chi connectivity index (χ3v) is 5.94. The molecule has 7 heteroatoms. The summed E-state index contributed by atoms with van der Waals surface area (Å²) in [5.41, 5.74) is 3.39. The zero-order chi connectivity index (χ0) is 21.6. The third kappa shape index (κ3) is 5.92. The van der Waals surface area contributed by atoms with Gasteiger partial charge < -0.3 is 9.73 Å². The van der Waals surface area contributed by atoms with E-state index in [4.69, 9.17) is 4.42 Å². The number of benzene rings is 2. The van der Waals surface area contributed by atoms with Crippen molar-refractivity contribution in [2.24, 2.45) is 0 Å². The number of amides is 1. The molecule has 156 valence electrons. The summed E-state index contributed by atoms with van der Waals surface area (Å²) in [4.78, 5) is 12.6. The van der Waals surface area contributed by atoms with Crippen LogP contribution in [-0.4, -0.2) is 25.2 Å². The molecule has 1 amide bonds. The molecule has 0 aliphatic rings. The summed E-state index contributed by atoms with van der Waals surface area (Å²) in [6, 6.07) is 18.1. The Balaban J connectivity index is 1.79. The number of anilines is 1. The molecule has 3 aromatic rings. The van der Waals surface area contributed by atoms with E-state index in [0.717, 1.165) is 26.4 Å². The standard InChI is InChI=1S/C23H24N2O4S/c1-18-10-11-22(19(2)15-18)24-23(26)17-25(16-21-9-6-13-29-21)30(27,28)14-12-20-7-4-3-5-8-20/h3-15H,16-17H2,1-2H3,(H,24,26)/b14-12+. The number of carbonyl (C=O) groups excluding carboxylic acids is 1. The Hall–Kier alpha value is -3.16. The molecule has 0 unspecified atom stereocenters. The maximum atomic E-state index is 12.9. The van der Waals surface area contributed by atoms with E-state index >= 15 is 0 Å². The molecule has 0 bridgehead atoms. The highest BCUT2D eigenvalue weighted by atomic mass is 32.2. The molecule has 0 aliphatic carbocycles. The second kappa shape index (κ2) is 9.56. The van der Waals surface area contributed by atoms with E-state index < -0.39 is 15.9 Å². The van der Waals surface area contributed by atoms with Crippen molar-refractivity contribution in [3.8, 4) is 0 Å². The van der Waals surface area contributed by atoms with Gasteiger partial charge in [-0.25, -0.2) is 8.42 Å².